The number of aliphatic hydroxyl groups excluding tert-OH is 1. The molecule has 0 aliphatic carbocycles. The second-order valence-corrected chi connectivity index (χ2v) is 2.43. The van der Waals surface area contributed by atoms with Crippen LogP contribution in [-0.4, -0.2) is 49.1 Å². The zero-order chi connectivity index (χ0) is 9.40. The molecule has 0 spiro atoms. The number of aliphatic carboxylic acids is 1. The lowest BCUT2D eigenvalue weighted by molar-refractivity contribution is -0.136. The molecule has 0 radical (unpaired) electrons. The van der Waals surface area contributed by atoms with E-state index in [1.54, 1.807) is 0 Å². The topological polar surface area (TPSA) is 78.8 Å². The van der Waals surface area contributed by atoms with Crippen molar-refractivity contribution in [2.24, 2.45) is 0 Å². The van der Waals surface area contributed by atoms with Gasteiger partial charge in [-0.1, -0.05) is 0 Å². The molecule has 5 heteroatoms. The standard InChI is InChI=1S/C7H15NO4/c1-12-5-6(4-9)8-3-2-7(10)11/h6,8-9H,2-5H2,1H3,(H,10,11). The number of nitrogens with one attached hydrogen (secondary N) is 1. The van der Waals surface area contributed by atoms with Crippen LogP contribution in [0.1, 0.15) is 6.42 Å². The van der Waals surface area contributed by atoms with E-state index in [1.807, 2.05) is 0 Å². The molecule has 0 fully saturated rings. The molecule has 0 saturated carbocycles. The van der Waals surface area contributed by atoms with Crippen LogP contribution in [0.4, 0.5) is 0 Å². The number of carbonyl (C=O) groups is 1. The van der Waals surface area contributed by atoms with Gasteiger partial charge in [-0.2, -0.15) is 0 Å². The highest BCUT2D eigenvalue weighted by Crippen LogP contribution is 1.84. The van der Waals surface area contributed by atoms with Gasteiger partial charge in [-0.3, -0.25) is 4.79 Å². The lowest BCUT2D eigenvalue weighted by Crippen LogP contribution is -2.37. The van der Waals surface area contributed by atoms with Gasteiger partial charge in [-0.15, -0.1) is 0 Å². The Morgan fingerprint density at radius 3 is 2.75 bits per heavy atom. The number of rotatable bonds is 7. The first kappa shape index (κ1) is 11.4. The molecule has 0 saturated heterocycles. The van der Waals surface area contributed by atoms with Gasteiger partial charge in [0.25, 0.3) is 0 Å². The van der Waals surface area contributed by atoms with E-state index in [2.05, 4.69) is 5.32 Å². The highest BCUT2D eigenvalue weighted by molar-refractivity contribution is 5.66. The minimum absolute atomic E-state index is 0.0482. The first-order valence-corrected chi connectivity index (χ1v) is 3.75. The van der Waals surface area contributed by atoms with Crippen LogP contribution in [0.15, 0.2) is 0 Å². The zero-order valence-corrected chi connectivity index (χ0v) is 7.12. The molecule has 0 bridgehead atoms. The molecule has 3 N–H and O–H groups in total. The summed E-state index contributed by atoms with van der Waals surface area (Å²) in [5.74, 6) is -0.850. The highest BCUT2D eigenvalue weighted by atomic mass is 16.5. The maximum absolute atomic E-state index is 10.1. The van der Waals surface area contributed by atoms with E-state index in [1.165, 1.54) is 7.11 Å². The number of carboxylic acids is 1. The molecular weight excluding hydrogens is 162 g/mol. The van der Waals surface area contributed by atoms with Crippen LogP contribution < -0.4 is 5.32 Å². The van der Waals surface area contributed by atoms with E-state index in [0.29, 0.717) is 13.2 Å². The minimum atomic E-state index is -0.850. The number of hydrogen-bond donors (Lipinski definition) is 3. The monoisotopic (exact) mass is 177 g/mol. The fourth-order valence-corrected chi connectivity index (χ4v) is 0.761. The summed E-state index contributed by atoms with van der Waals surface area (Å²) >= 11 is 0. The van der Waals surface area contributed by atoms with E-state index in [4.69, 9.17) is 14.9 Å². The van der Waals surface area contributed by atoms with E-state index in [0.717, 1.165) is 0 Å². The van der Waals surface area contributed by atoms with Crippen LogP contribution in [0.2, 0.25) is 0 Å². The van der Waals surface area contributed by atoms with Crippen LogP contribution >= 0.6 is 0 Å². The third-order valence-electron chi connectivity index (χ3n) is 1.36. The number of carboxylic acid groups (broad SMARTS) is 1. The maximum atomic E-state index is 10.1. The quantitative estimate of drug-likeness (QED) is 0.467. The van der Waals surface area contributed by atoms with Crippen molar-refractivity contribution < 1.29 is 19.7 Å². The van der Waals surface area contributed by atoms with E-state index in [9.17, 15) is 4.79 Å². The van der Waals surface area contributed by atoms with Gasteiger partial charge >= 0.3 is 5.97 Å². The molecular formula is C7H15NO4. The van der Waals surface area contributed by atoms with Gasteiger partial charge < -0.3 is 20.3 Å². The van der Waals surface area contributed by atoms with Crippen LogP contribution in [-0.2, 0) is 9.53 Å². The summed E-state index contributed by atoms with van der Waals surface area (Å²) in [6, 6.07) is -0.172. The molecule has 5 nitrogen and oxygen atoms in total. The lowest BCUT2D eigenvalue weighted by atomic mass is 10.3. The second kappa shape index (κ2) is 7.02. The number of aliphatic hydroxyl groups is 1. The van der Waals surface area contributed by atoms with Crippen molar-refractivity contribution in [3.05, 3.63) is 0 Å². The Labute approximate surface area is 71.3 Å². The molecule has 0 aromatic heterocycles. The highest BCUT2D eigenvalue weighted by Gasteiger charge is 2.05. The molecule has 1 atom stereocenters. The predicted octanol–water partition coefficient (Wildman–Crippen LogP) is -0.942. The number of methoxy groups -OCH3 is 1. The first-order chi connectivity index (χ1) is 5.70. The van der Waals surface area contributed by atoms with Gasteiger partial charge in [0.15, 0.2) is 0 Å². The fourth-order valence-electron chi connectivity index (χ4n) is 0.761. The molecule has 12 heavy (non-hydrogen) atoms. The third kappa shape index (κ3) is 6.09. The Morgan fingerprint density at radius 2 is 2.33 bits per heavy atom. The smallest absolute Gasteiger partial charge is 0.304 e. The van der Waals surface area contributed by atoms with Crippen molar-refractivity contribution >= 4 is 5.97 Å². The Hall–Kier alpha value is -0.650. The summed E-state index contributed by atoms with van der Waals surface area (Å²) < 4.78 is 4.78. The summed E-state index contributed by atoms with van der Waals surface area (Å²) in [4.78, 5) is 10.1. The first-order valence-electron chi connectivity index (χ1n) is 3.75. The predicted molar refractivity (Wildman–Crippen MR) is 43.0 cm³/mol. The summed E-state index contributed by atoms with van der Waals surface area (Å²) in [7, 11) is 1.53. The van der Waals surface area contributed by atoms with Crippen molar-refractivity contribution in [1.29, 1.82) is 0 Å². The van der Waals surface area contributed by atoms with Crippen molar-refractivity contribution in [2.75, 3.05) is 26.9 Å². The molecule has 0 aliphatic rings. The summed E-state index contributed by atoms with van der Waals surface area (Å²) in [6.45, 7) is 0.688. The van der Waals surface area contributed by atoms with Crippen LogP contribution in [0.3, 0.4) is 0 Å². The van der Waals surface area contributed by atoms with Gasteiger partial charge in [0.05, 0.1) is 25.7 Å². The van der Waals surface area contributed by atoms with Gasteiger partial charge in [0, 0.05) is 13.7 Å². The van der Waals surface area contributed by atoms with E-state index < -0.39 is 5.97 Å². The van der Waals surface area contributed by atoms with Gasteiger partial charge in [0.1, 0.15) is 0 Å². The average molecular weight is 177 g/mol. The molecule has 0 amide bonds. The van der Waals surface area contributed by atoms with E-state index in [-0.39, 0.29) is 19.1 Å². The average Bonchev–Trinajstić information content (AvgIpc) is 2.02. The Morgan fingerprint density at radius 1 is 1.67 bits per heavy atom. The molecule has 72 valence electrons. The number of hydrogen-bond acceptors (Lipinski definition) is 4. The maximum Gasteiger partial charge on any atom is 0.304 e. The summed E-state index contributed by atoms with van der Waals surface area (Å²) in [6.07, 6.45) is 0.0558. The third-order valence-corrected chi connectivity index (χ3v) is 1.36. The molecule has 0 heterocycles. The van der Waals surface area contributed by atoms with Crippen LogP contribution in [0.25, 0.3) is 0 Å². The molecule has 0 rings (SSSR count). The van der Waals surface area contributed by atoms with Gasteiger partial charge in [0.2, 0.25) is 0 Å². The normalized spacial score (nSPS) is 12.8. The zero-order valence-electron chi connectivity index (χ0n) is 7.12. The van der Waals surface area contributed by atoms with Crippen molar-refractivity contribution in [2.45, 2.75) is 12.5 Å². The van der Waals surface area contributed by atoms with Gasteiger partial charge in [-0.05, 0) is 0 Å². The Bertz CT molecular complexity index is 129. The lowest BCUT2D eigenvalue weighted by Gasteiger charge is -2.13. The van der Waals surface area contributed by atoms with Crippen molar-refractivity contribution in [1.82, 2.24) is 5.32 Å². The Kier molecular flexibility index (Phi) is 6.64. The molecule has 0 aromatic rings. The summed E-state index contributed by atoms with van der Waals surface area (Å²) in [5, 5.41) is 19.9. The minimum Gasteiger partial charge on any atom is -0.481 e. The Balaban J connectivity index is 3.37. The van der Waals surface area contributed by atoms with E-state index >= 15 is 0 Å². The van der Waals surface area contributed by atoms with Crippen LogP contribution in [0, 0.1) is 0 Å². The second-order valence-electron chi connectivity index (χ2n) is 2.43. The fraction of sp³-hybridized carbons (Fsp3) is 0.857. The largest absolute Gasteiger partial charge is 0.481 e. The van der Waals surface area contributed by atoms with Crippen molar-refractivity contribution in [3.8, 4) is 0 Å². The van der Waals surface area contributed by atoms with Crippen LogP contribution in [0.5, 0.6) is 0 Å². The molecule has 0 aromatic carbocycles. The number of ether oxygens (including phenoxy) is 1. The summed E-state index contributed by atoms with van der Waals surface area (Å²) in [5.41, 5.74) is 0. The SMILES string of the molecule is COCC(CO)NCCC(=O)O. The van der Waals surface area contributed by atoms with Gasteiger partial charge in [-0.25, -0.2) is 0 Å². The molecule has 0 aliphatic heterocycles. The molecule has 1 unspecified atom stereocenters. The van der Waals surface area contributed by atoms with Crippen molar-refractivity contribution in [3.63, 3.8) is 0 Å².